The minimum atomic E-state index is -3.76. The van der Waals surface area contributed by atoms with Crippen molar-refractivity contribution >= 4 is 21.6 Å². The molecule has 0 bridgehead atoms. The van der Waals surface area contributed by atoms with Gasteiger partial charge in [0.05, 0.1) is 10.6 Å². The number of hydrogen-bond acceptors (Lipinski definition) is 5. The van der Waals surface area contributed by atoms with E-state index in [9.17, 15) is 17.6 Å². The lowest BCUT2D eigenvalue weighted by Gasteiger charge is -2.19. The number of carbonyl (C=O) groups excluding carboxylic acids is 1. The first-order valence-electron chi connectivity index (χ1n) is 10.6. The Hall–Kier alpha value is -4.24. The van der Waals surface area contributed by atoms with Crippen LogP contribution in [0.15, 0.2) is 102 Å². The molecule has 0 aliphatic heterocycles. The van der Waals surface area contributed by atoms with Gasteiger partial charge in [-0.15, -0.1) is 0 Å². The molecule has 1 amide bonds. The molecule has 0 aliphatic rings. The topological polar surface area (TPSA) is 88.6 Å². The largest absolute Gasteiger partial charge is 0.439 e. The molecule has 0 spiro atoms. The molecule has 0 saturated carbocycles. The van der Waals surface area contributed by atoms with E-state index in [-0.39, 0.29) is 23.2 Å². The summed E-state index contributed by atoms with van der Waals surface area (Å²) in [6.07, 6.45) is 1.54. The van der Waals surface area contributed by atoms with Crippen molar-refractivity contribution in [1.29, 1.82) is 0 Å². The highest BCUT2D eigenvalue weighted by Gasteiger charge is 2.21. The lowest BCUT2D eigenvalue weighted by atomic mass is 10.2. The third-order valence-electron chi connectivity index (χ3n) is 5.18. The Balaban J connectivity index is 1.39. The summed E-state index contributed by atoms with van der Waals surface area (Å²) in [5.74, 6) is 0.0206. The second kappa shape index (κ2) is 10.4. The fraction of sp³-hybridized carbons (Fsp3) is 0.0769. The number of ether oxygens (including phenoxy) is 1. The monoisotopic (exact) mass is 491 g/mol. The first-order chi connectivity index (χ1) is 16.8. The van der Waals surface area contributed by atoms with Crippen molar-refractivity contribution < 1.29 is 22.3 Å². The smallest absolute Gasteiger partial charge is 0.264 e. The van der Waals surface area contributed by atoms with Crippen molar-refractivity contribution in [1.82, 2.24) is 10.3 Å². The molecular formula is C26H22FN3O4S. The van der Waals surface area contributed by atoms with Crippen LogP contribution in [-0.2, 0) is 16.6 Å². The number of nitrogens with one attached hydrogen (secondary N) is 1. The van der Waals surface area contributed by atoms with Crippen LogP contribution in [0.4, 0.5) is 10.1 Å². The van der Waals surface area contributed by atoms with Gasteiger partial charge < -0.3 is 10.1 Å². The van der Waals surface area contributed by atoms with Crippen molar-refractivity contribution in [2.75, 3.05) is 11.4 Å². The molecule has 1 aromatic heterocycles. The fourth-order valence-corrected chi connectivity index (χ4v) is 4.43. The van der Waals surface area contributed by atoms with E-state index in [1.807, 2.05) is 6.07 Å². The normalized spacial score (nSPS) is 11.0. The molecule has 35 heavy (non-hydrogen) atoms. The quantitative estimate of drug-likeness (QED) is 0.384. The zero-order valence-electron chi connectivity index (χ0n) is 18.8. The van der Waals surface area contributed by atoms with Crippen LogP contribution in [-0.4, -0.2) is 26.4 Å². The summed E-state index contributed by atoms with van der Waals surface area (Å²) >= 11 is 0. The third-order valence-corrected chi connectivity index (χ3v) is 6.98. The van der Waals surface area contributed by atoms with Gasteiger partial charge in [0.15, 0.2) is 0 Å². The fourth-order valence-electron chi connectivity index (χ4n) is 3.24. The Bertz CT molecular complexity index is 1410. The second-order valence-corrected chi connectivity index (χ2v) is 9.54. The lowest BCUT2D eigenvalue weighted by molar-refractivity contribution is 0.0950. The zero-order chi connectivity index (χ0) is 24.8. The second-order valence-electron chi connectivity index (χ2n) is 7.57. The van der Waals surface area contributed by atoms with E-state index < -0.39 is 10.0 Å². The van der Waals surface area contributed by atoms with Crippen LogP contribution in [0.5, 0.6) is 11.6 Å². The van der Waals surface area contributed by atoms with Crippen molar-refractivity contribution in [2.24, 2.45) is 0 Å². The van der Waals surface area contributed by atoms with Gasteiger partial charge in [0.25, 0.3) is 15.9 Å². The number of amides is 1. The van der Waals surface area contributed by atoms with E-state index in [1.165, 1.54) is 59.9 Å². The maximum atomic E-state index is 13.0. The number of halogens is 1. The van der Waals surface area contributed by atoms with E-state index in [4.69, 9.17) is 4.74 Å². The molecule has 0 unspecified atom stereocenters. The van der Waals surface area contributed by atoms with Crippen molar-refractivity contribution in [2.45, 2.75) is 11.4 Å². The van der Waals surface area contributed by atoms with E-state index in [0.717, 1.165) is 5.56 Å². The van der Waals surface area contributed by atoms with Gasteiger partial charge in [-0.3, -0.25) is 9.10 Å². The van der Waals surface area contributed by atoms with E-state index in [0.29, 0.717) is 22.9 Å². The highest BCUT2D eigenvalue weighted by Crippen LogP contribution is 2.22. The van der Waals surface area contributed by atoms with Gasteiger partial charge in [0.1, 0.15) is 11.6 Å². The van der Waals surface area contributed by atoms with Crippen LogP contribution < -0.4 is 14.4 Å². The van der Waals surface area contributed by atoms with Crippen molar-refractivity contribution in [3.8, 4) is 11.6 Å². The molecule has 0 atom stereocenters. The number of benzene rings is 3. The Morgan fingerprint density at radius 3 is 2.34 bits per heavy atom. The first kappa shape index (κ1) is 23.9. The van der Waals surface area contributed by atoms with Crippen LogP contribution >= 0.6 is 0 Å². The van der Waals surface area contributed by atoms with Gasteiger partial charge in [-0.2, -0.15) is 0 Å². The summed E-state index contributed by atoms with van der Waals surface area (Å²) in [6, 6.07) is 23.4. The number of anilines is 1. The van der Waals surface area contributed by atoms with Crippen LogP contribution in [0, 0.1) is 5.82 Å². The predicted molar refractivity (Wildman–Crippen MR) is 130 cm³/mol. The molecule has 4 aromatic rings. The maximum Gasteiger partial charge on any atom is 0.264 e. The number of para-hydroxylation sites is 1. The van der Waals surface area contributed by atoms with Gasteiger partial charge in [-0.1, -0.05) is 18.2 Å². The van der Waals surface area contributed by atoms with Crippen LogP contribution in [0.25, 0.3) is 0 Å². The summed E-state index contributed by atoms with van der Waals surface area (Å²) < 4.78 is 45.6. The maximum absolute atomic E-state index is 13.0. The molecule has 3 aromatic carbocycles. The Morgan fingerprint density at radius 2 is 1.66 bits per heavy atom. The standard InChI is InChI=1S/C26H22FN3O4S/c1-30(22-5-3-2-4-6-22)35(32,33)24-13-7-20(8-14-24)26(31)29-18-19-15-16-28-25(17-19)34-23-11-9-21(27)10-12-23/h2-17H,18H2,1H3,(H,29,31). The molecule has 0 saturated heterocycles. The molecule has 178 valence electrons. The molecule has 7 nitrogen and oxygen atoms in total. The van der Waals surface area contributed by atoms with Gasteiger partial charge >= 0.3 is 0 Å². The number of hydrogen-bond donors (Lipinski definition) is 1. The van der Waals surface area contributed by atoms with Gasteiger partial charge in [-0.05, 0) is 72.3 Å². The van der Waals surface area contributed by atoms with Gasteiger partial charge in [0, 0.05) is 31.4 Å². The number of pyridine rings is 1. The highest BCUT2D eigenvalue weighted by atomic mass is 32.2. The van der Waals surface area contributed by atoms with Crippen LogP contribution in [0.2, 0.25) is 0 Å². The van der Waals surface area contributed by atoms with Gasteiger partial charge in [-0.25, -0.2) is 17.8 Å². The summed E-state index contributed by atoms with van der Waals surface area (Å²) in [5, 5.41) is 2.79. The number of sulfonamides is 1. The first-order valence-corrected chi connectivity index (χ1v) is 12.1. The molecule has 4 rings (SSSR count). The number of aromatic nitrogens is 1. The van der Waals surface area contributed by atoms with Crippen molar-refractivity contribution in [3.63, 3.8) is 0 Å². The Morgan fingerprint density at radius 1 is 0.971 bits per heavy atom. The lowest BCUT2D eigenvalue weighted by Crippen LogP contribution is -2.27. The van der Waals surface area contributed by atoms with E-state index in [2.05, 4.69) is 10.3 Å². The van der Waals surface area contributed by atoms with Crippen LogP contribution in [0.1, 0.15) is 15.9 Å². The average Bonchev–Trinajstić information content (AvgIpc) is 2.89. The Kier molecular flexibility index (Phi) is 7.07. The predicted octanol–water partition coefficient (Wildman–Crippen LogP) is 4.77. The molecular weight excluding hydrogens is 469 g/mol. The van der Waals surface area contributed by atoms with E-state index >= 15 is 0 Å². The molecule has 1 heterocycles. The van der Waals surface area contributed by atoms with Gasteiger partial charge in [0.2, 0.25) is 5.88 Å². The Labute approximate surface area is 202 Å². The van der Waals surface area contributed by atoms with E-state index in [1.54, 1.807) is 42.6 Å². The summed E-state index contributed by atoms with van der Waals surface area (Å²) in [6.45, 7) is 0.206. The van der Waals surface area contributed by atoms with Crippen molar-refractivity contribution in [3.05, 3.63) is 114 Å². The summed E-state index contributed by atoms with van der Waals surface area (Å²) in [7, 11) is -2.28. The number of carbonyl (C=O) groups is 1. The van der Waals surface area contributed by atoms with Crippen LogP contribution in [0.3, 0.4) is 0 Å². The summed E-state index contributed by atoms with van der Waals surface area (Å²) in [5.41, 5.74) is 1.60. The number of nitrogens with zero attached hydrogens (tertiary/aromatic N) is 2. The SMILES string of the molecule is CN(c1ccccc1)S(=O)(=O)c1ccc(C(=O)NCc2ccnc(Oc3ccc(F)cc3)c2)cc1. The third kappa shape index (κ3) is 5.82. The molecule has 0 radical (unpaired) electrons. The molecule has 0 aliphatic carbocycles. The molecule has 9 heteroatoms. The highest BCUT2D eigenvalue weighted by molar-refractivity contribution is 7.92. The molecule has 0 fully saturated rings. The average molecular weight is 492 g/mol. The minimum absolute atomic E-state index is 0.0807. The molecule has 1 N–H and O–H groups in total. The summed E-state index contributed by atoms with van der Waals surface area (Å²) in [4.78, 5) is 16.8. The minimum Gasteiger partial charge on any atom is -0.439 e. The zero-order valence-corrected chi connectivity index (χ0v) is 19.6. The number of rotatable bonds is 8.